The molecule has 3 heterocycles. The van der Waals surface area contributed by atoms with Crippen molar-refractivity contribution in [3.8, 4) is 0 Å². The number of likely N-dealkylation sites (N-methyl/N-ethyl adjacent to an activating group) is 1. The second-order valence-electron chi connectivity index (χ2n) is 6.75. The molecule has 134 valence electrons. The molecule has 1 aliphatic heterocycles. The molecule has 1 saturated heterocycles. The molecule has 0 bridgehead atoms. The zero-order chi connectivity index (χ0) is 17.8. The largest absolute Gasteiger partial charge is 0.344 e. The zero-order valence-corrected chi connectivity index (χ0v) is 15.5. The molecule has 1 fully saturated rings. The fourth-order valence-corrected chi connectivity index (χ4v) is 3.97. The molecule has 0 aliphatic carbocycles. The fraction of sp³-hybridized carbons (Fsp3) is 0.474. The van der Waals surface area contributed by atoms with Crippen molar-refractivity contribution in [2.24, 2.45) is 0 Å². The Bertz CT molecular complexity index is 689. The monoisotopic (exact) mass is 361 g/mol. The third-order valence-corrected chi connectivity index (χ3v) is 5.52. The van der Waals surface area contributed by atoms with Gasteiger partial charge in [-0.15, -0.1) is 11.3 Å². The first-order valence-electron chi connectivity index (χ1n) is 8.57. The van der Waals surface area contributed by atoms with E-state index in [4.69, 9.17) is 0 Å². The van der Waals surface area contributed by atoms with Crippen LogP contribution in [-0.2, 0) is 17.8 Å². The summed E-state index contributed by atoms with van der Waals surface area (Å²) in [6.07, 6.45) is 1.77. The van der Waals surface area contributed by atoms with Gasteiger partial charge in [0, 0.05) is 49.5 Å². The molecule has 3 rings (SSSR count). The highest BCUT2D eigenvalue weighted by Gasteiger charge is 2.33. The molecule has 0 radical (unpaired) electrons. The van der Waals surface area contributed by atoms with E-state index in [1.807, 2.05) is 30.5 Å². The molecule has 2 aromatic heterocycles. The first-order valence-corrected chi connectivity index (χ1v) is 9.45. The summed E-state index contributed by atoms with van der Waals surface area (Å²) in [5.74, 6) is 0.0454. The number of pyridine rings is 1. The number of halogens is 1. The number of nitrogens with zero attached hydrogens (tertiary/aromatic N) is 3. The van der Waals surface area contributed by atoms with Crippen molar-refractivity contribution < 1.29 is 9.18 Å². The van der Waals surface area contributed by atoms with Crippen molar-refractivity contribution in [1.29, 1.82) is 0 Å². The van der Waals surface area contributed by atoms with Crippen LogP contribution in [-0.4, -0.2) is 53.0 Å². The predicted octanol–water partition coefficient (Wildman–Crippen LogP) is 3.07. The molecule has 4 nitrogen and oxygen atoms in total. The Labute approximate surface area is 152 Å². The van der Waals surface area contributed by atoms with Crippen LogP contribution in [0, 0.1) is 6.92 Å². The van der Waals surface area contributed by atoms with Crippen molar-refractivity contribution in [3.05, 3.63) is 52.0 Å². The molecular weight excluding hydrogens is 337 g/mol. The van der Waals surface area contributed by atoms with E-state index >= 15 is 0 Å². The van der Waals surface area contributed by atoms with Crippen LogP contribution >= 0.6 is 11.3 Å². The van der Waals surface area contributed by atoms with Gasteiger partial charge in [-0.3, -0.25) is 14.7 Å². The Kier molecular flexibility index (Phi) is 5.81. The maximum atomic E-state index is 13.9. The van der Waals surface area contributed by atoms with Crippen LogP contribution in [0.4, 0.5) is 4.39 Å². The van der Waals surface area contributed by atoms with Crippen LogP contribution in [0.2, 0.25) is 0 Å². The zero-order valence-electron chi connectivity index (χ0n) is 14.7. The highest BCUT2D eigenvalue weighted by Crippen LogP contribution is 2.25. The van der Waals surface area contributed by atoms with E-state index in [1.165, 1.54) is 4.88 Å². The van der Waals surface area contributed by atoms with Gasteiger partial charge in [0.2, 0.25) is 5.91 Å². The third kappa shape index (κ3) is 4.86. The molecule has 0 spiro atoms. The first-order chi connectivity index (χ1) is 12.0. The summed E-state index contributed by atoms with van der Waals surface area (Å²) in [5, 5.41) is 2.04. The molecule has 0 aromatic carbocycles. The number of hydrogen-bond donors (Lipinski definition) is 0. The van der Waals surface area contributed by atoms with Gasteiger partial charge in [0.25, 0.3) is 0 Å². The van der Waals surface area contributed by atoms with Crippen molar-refractivity contribution in [2.75, 3.05) is 20.1 Å². The lowest BCUT2D eigenvalue weighted by Gasteiger charge is -2.28. The summed E-state index contributed by atoms with van der Waals surface area (Å²) < 4.78 is 13.9. The van der Waals surface area contributed by atoms with Gasteiger partial charge in [-0.2, -0.15) is 0 Å². The summed E-state index contributed by atoms with van der Waals surface area (Å²) in [6, 6.07) is 8.01. The lowest BCUT2D eigenvalue weighted by atomic mass is 10.1. The number of thiophene rings is 1. The van der Waals surface area contributed by atoms with Crippen molar-refractivity contribution in [3.63, 3.8) is 0 Å². The molecule has 1 aliphatic rings. The van der Waals surface area contributed by atoms with E-state index in [1.54, 1.807) is 29.5 Å². The summed E-state index contributed by atoms with van der Waals surface area (Å²) >= 11 is 1.69. The number of hydrogen-bond acceptors (Lipinski definition) is 4. The number of rotatable bonds is 6. The maximum absolute atomic E-state index is 13.9. The molecule has 6 heteroatoms. The third-order valence-electron chi connectivity index (χ3n) is 4.65. The van der Waals surface area contributed by atoms with E-state index in [9.17, 15) is 9.18 Å². The van der Waals surface area contributed by atoms with Crippen molar-refractivity contribution in [2.45, 2.75) is 38.5 Å². The van der Waals surface area contributed by atoms with E-state index in [0.29, 0.717) is 25.9 Å². The molecule has 2 atom stereocenters. The van der Waals surface area contributed by atoms with Crippen molar-refractivity contribution in [1.82, 2.24) is 14.8 Å². The number of alkyl halides is 1. The molecule has 2 aromatic rings. The average molecular weight is 361 g/mol. The Hall–Kier alpha value is -1.79. The van der Waals surface area contributed by atoms with Crippen LogP contribution in [0.15, 0.2) is 35.8 Å². The minimum Gasteiger partial charge on any atom is -0.344 e. The highest BCUT2D eigenvalue weighted by atomic mass is 32.1. The van der Waals surface area contributed by atoms with Gasteiger partial charge in [0.05, 0.1) is 6.42 Å². The smallest absolute Gasteiger partial charge is 0.226 e. The number of likely N-dealkylation sites (tertiary alicyclic amines) is 1. The van der Waals surface area contributed by atoms with Crippen molar-refractivity contribution >= 4 is 17.2 Å². The van der Waals surface area contributed by atoms with E-state index in [-0.39, 0.29) is 11.9 Å². The fourth-order valence-electron chi connectivity index (χ4n) is 3.24. The summed E-state index contributed by atoms with van der Waals surface area (Å²) in [5.41, 5.74) is 1.85. The van der Waals surface area contributed by atoms with Gasteiger partial charge in [-0.25, -0.2) is 4.39 Å². The van der Waals surface area contributed by atoms with Crippen LogP contribution in [0.25, 0.3) is 0 Å². The topological polar surface area (TPSA) is 36.4 Å². The molecule has 0 saturated carbocycles. The van der Waals surface area contributed by atoms with E-state index in [2.05, 4.69) is 16.0 Å². The Balaban J connectivity index is 1.57. The number of aromatic nitrogens is 1. The molecular formula is C19H24FN3OS. The standard InChI is InChI=1S/C19H24FN3OS/c1-14-5-6-15(10-21-14)8-19(24)22(2)12-17-9-16(20)11-23(17)13-18-4-3-7-25-18/h3-7,10,16-17H,8-9,11-13H2,1-2H3/t16-,17-/m0/s1. The van der Waals surface area contributed by atoms with Gasteiger partial charge in [0.1, 0.15) is 6.17 Å². The summed E-state index contributed by atoms with van der Waals surface area (Å²) in [6.45, 7) is 3.69. The molecule has 1 amide bonds. The van der Waals surface area contributed by atoms with E-state index in [0.717, 1.165) is 17.8 Å². The maximum Gasteiger partial charge on any atom is 0.226 e. The van der Waals surface area contributed by atoms with Crippen LogP contribution in [0.3, 0.4) is 0 Å². The van der Waals surface area contributed by atoms with E-state index < -0.39 is 6.17 Å². The van der Waals surface area contributed by atoms with Gasteiger partial charge in [0.15, 0.2) is 0 Å². The number of carbonyl (C=O) groups excluding carboxylic acids is 1. The predicted molar refractivity (Wildman–Crippen MR) is 98.3 cm³/mol. The minimum absolute atomic E-state index is 0.0454. The van der Waals surface area contributed by atoms with Gasteiger partial charge >= 0.3 is 0 Å². The average Bonchev–Trinajstić information content (AvgIpc) is 3.20. The van der Waals surface area contributed by atoms with Crippen LogP contribution in [0.5, 0.6) is 0 Å². The summed E-state index contributed by atoms with van der Waals surface area (Å²) in [7, 11) is 1.80. The first kappa shape index (κ1) is 18.0. The second-order valence-corrected chi connectivity index (χ2v) is 7.79. The SMILES string of the molecule is Cc1ccc(CC(=O)N(C)C[C@@H]2C[C@H](F)CN2Cc2cccs2)cn1. The minimum atomic E-state index is -0.810. The second kappa shape index (κ2) is 8.06. The normalized spacial score (nSPS) is 20.8. The molecule has 0 unspecified atom stereocenters. The highest BCUT2D eigenvalue weighted by molar-refractivity contribution is 7.09. The lowest BCUT2D eigenvalue weighted by molar-refractivity contribution is -0.129. The molecule has 0 N–H and O–H groups in total. The molecule has 25 heavy (non-hydrogen) atoms. The summed E-state index contributed by atoms with van der Waals surface area (Å²) in [4.78, 5) is 21.8. The Morgan fingerprint density at radius 2 is 2.28 bits per heavy atom. The van der Waals surface area contributed by atoms with Gasteiger partial charge in [-0.05, 0) is 36.4 Å². The van der Waals surface area contributed by atoms with Crippen LogP contribution < -0.4 is 0 Å². The quantitative estimate of drug-likeness (QED) is 0.793. The number of aryl methyl sites for hydroxylation is 1. The lowest BCUT2D eigenvalue weighted by Crippen LogP contribution is -2.41. The van der Waals surface area contributed by atoms with Gasteiger partial charge < -0.3 is 4.90 Å². The van der Waals surface area contributed by atoms with Gasteiger partial charge in [-0.1, -0.05) is 12.1 Å². The Morgan fingerprint density at radius 1 is 1.44 bits per heavy atom. The Morgan fingerprint density at radius 3 is 2.96 bits per heavy atom. The number of amides is 1. The number of carbonyl (C=O) groups is 1. The van der Waals surface area contributed by atoms with Crippen LogP contribution in [0.1, 0.15) is 22.6 Å².